The van der Waals surface area contributed by atoms with Gasteiger partial charge in [-0.05, 0) is 19.8 Å². The third-order valence-electron chi connectivity index (χ3n) is 3.60. The maximum Gasteiger partial charge on any atom is 0.308 e. The zero-order chi connectivity index (χ0) is 13.8. The number of carboxylic acids is 1. The van der Waals surface area contributed by atoms with Crippen LogP contribution >= 0.6 is 0 Å². The largest absolute Gasteiger partial charge is 0.481 e. The van der Waals surface area contributed by atoms with E-state index < -0.39 is 5.97 Å². The molecule has 1 saturated heterocycles. The molecule has 1 aliphatic heterocycles. The molecule has 0 aromatic carbocycles. The van der Waals surface area contributed by atoms with E-state index in [1.807, 2.05) is 22.9 Å². The molecule has 6 nitrogen and oxygen atoms in total. The molecule has 19 heavy (non-hydrogen) atoms. The minimum atomic E-state index is -0.718. The number of piperidine rings is 1. The lowest BCUT2D eigenvalue weighted by atomic mass is 9.98. The van der Waals surface area contributed by atoms with Gasteiger partial charge in [0.1, 0.15) is 18.0 Å². The summed E-state index contributed by atoms with van der Waals surface area (Å²) in [7, 11) is 1.97. The van der Waals surface area contributed by atoms with Crippen molar-refractivity contribution in [2.75, 3.05) is 36.5 Å². The molecule has 0 bridgehead atoms. The second-order valence-corrected chi connectivity index (χ2v) is 4.87. The van der Waals surface area contributed by atoms with Crippen molar-refractivity contribution in [2.45, 2.75) is 19.8 Å². The number of aliphatic carboxylic acids is 1. The molecule has 1 N–H and O–H groups in total. The fraction of sp³-hybridized carbons (Fsp3) is 0.615. The Bertz CT molecular complexity index is 452. The van der Waals surface area contributed by atoms with Crippen LogP contribution in [0.4, 0.5) is 11.6 Å². The zero-order valence-corrected chi connectivity index (χ0v) is 11.4. The van der Waals surface area contributed by atoms with Gasteiger partial charge in [0.2, 0.25) is 0 Å². The van der Waals surface area contributed by atoms with Gasteiger partial charge in [0.05, 0.1) is 5.92 Å². The summed E-state index contributed by atoms with van der Waals surface area (Å²) in [4.78, 5) is 23.7. The van der Waals surface area contributed by atoms with Crippen LogP contribution in [-0.2, 0) is 4.79 Å². The molecule has 6 heteroatoms. The predicted molar refractivity (Wildman–Crippen MR) is 73.5 cm³/mol. The summed E-state index contributed by atoms with van der Waals surface area (Å²) >= 11 is 0. The number of anilines is 2. The van der Waals surface area contributed by atoms with E-state index in [4.69, 9.17) is 5.11 Å². The average molecular weight is 264 g/mol. The third-order valence-corrected chi connectivity index (χ3v) is 3.60. The maximum atomic E-state index is 11.1. The first kappa shape index (κ1) is 13.6. The van der Waals surface area contributed by atoms with E-state index in [0.717, 1.165) is 37.6 Å². The number of hydrogen-bond acceptors (Lipinski definition) is 5. The summed E-state index contributed by atoms with van der Waals surface area (Å²) in [6, 6.07) is 1.92. The van der Waals surface area contributed by atoms with E-state index in [0.29, 0.717) is 6.54 Å². The number of nitrogens with zero attached hydrogens (tertiary/aromatic N) is 4. The van der Waals surface area contributed by atoms with Gasteiger partial charge in [-0.25, -0.2) is 9.97 Å². The molecule has 0 radical (unpaired) electrons. The van der Waals surface area contributed by atoms with Gasteiger partial charge >= 0.3 is 5.97 Å². The van der Waals surface area contributed by atoms with Crippen LogP contribution in [0.5, 0.6) is 0 Å². The van der Waals surface area contributed by atoms with Gasteiger partial charge in [-0.3, -0.25) is 4.79 Å². The molecular weight excluding hydrogens is 244 g/mol. The first-order valence-corrected chi connectivity index (χ1v) is 6.62. The number of carboxylic acid groups (broad SMARTS) is 1. The molecule has 104 valence electrons. The summed E-state index contributed by atoms with van der Waals surface area (Å²) in [6.45, 7) is 4.31. The summed E-state index contributed by atoms with van der Waals surface area (Å²) in [5.74, 6) is 0.668. The summed E-state index contributed by atoms with van der Waals surface area (Å²) < 4.78 is 0. The van der Waals surface area contributed by atoms with Gasteiger partial charge in [-0.1, -0.05) is 0 Å². The quantitative estimate of drug-likeness (QED) is 0.882. The van der Waals surface area contributed by atoms with E-state index in [9.17, 15) is 4.79 Å². The van der Waals surface area contributed by atoms with Crippen LogP contribution in [0.1, 0.15) is 19.8 Å². The SMILES string of the molecule is CCN(C)c1cc(N2CCCC(C(=O)O)C2)ncn1. The van der Waals surface area contributed by atoms with E-state index in [2.05, 4.69) is 16.9 Å². The highest BCUT2D eigenvalue weighted by Gasteiger charge is 2.26. The molecule has 2 heterocycles. The Morgan fingerprint density at radius 1 is 1.58 bits per heavy atom. The van der Waals surface area contributed by atoms with Crippen molar-refractivity contribution in [2.24, 2.45) is 5.92 Å². The zero-order valence-electron chi connectivity index (χ0n) is 11.4. The number of aromatic nitrogens is 2. The van der Waals surface area contributed by atoms with Gasteiger partial charge in [-0.2, -0.15) is 0 Å². The normalized spacial score (nSPS) is 19.3. The minimum Gasteiger partial charge on any atom is -0.481 e. The molecule has 0 aliphatic carbocycles. The Hall–Kier alpha value is -1.85. The number of carbonyl (C=O) groups is 1. The minimum absolute atomic E-state index is 0.295. The fourth-order valence-corrected chi connectivity index (χ4v) is 2.27. The van der Waals surface area contributed by atoms with Crippen LogP contribution in [0.2, 0.25) is 0 Å². The van der Waals surface area contributed by atoms with Crippen LogP contribution in [0.15, 0.2) is 12.4 Å². The average Bonchev–Trinajstić information content (AvgIpc) is 2.46. The lowest BCUT2D eigenvalue weighted by Gasteiger charge is -2.32. The van der Waals surface area contributed by atoms with Gasteiger partial charge in [-0.15, -0.1) is 0 Å². The van der Waals surface area contributed by atoms with Crippen molar-refractivity contribution < 1.29 is 9.90 Å². The molecule has 2 rings (SSSR count). The molecule has 1 aromatic rings. The maximum absolute atomic E-state index is 11.1. The monoisotopic (exact) mass is 264 g/mol. The van der Waals surface area contributed by atoms with E-state index in [1.54, 1.807) is 6.33 Å². The Balaban J connectivity index is 2.15. The van der Waals surface area contributed by atoms with Gasteiger partial charge < -0.3 is 14.9 Å². The van der Waals surface area contributed by atoms with Crippen molar-refractivity contribution in [3.8, 4) is 0 Å². The molecule has 1 atom stereocenters. The fourth-order valence-electron chi connectivity index (χ4n) is 2.27. The Labute approximate surface area is 113 Å². The van der Waals surface area contributed by atoms with E-state index in [-0.39, 0.29) is 5.92 Å². The van der Waals surface area contributed by atoms with Crippen LogP contribution in [0.3, 0.4) is 0 Å². The Morgan fingerprint density at radius 2 is 2.37 bits per heavy atom. The first-order chi connectivity index (χ1) is 9.11. The van der Waals surface area contributed by atoms with Crippen molar-refractivity contribution >= 4 is 17.6 Å². The highest BCUT2D eigenvalue weighted by atomic mass is 16.4. The van der Waals surface area contributed by atoms with E-state index >= 15 is 0 Å². The van der Waals surface area contributed by atoms with Crippen molar-refractivity contribution in [3.63, 3.8) is 0 Å². The predicted octanol–water partition coefficient (Wildman–Crippen LogP) is 1.23. The number of rotatable bonds is 4. The summed E-state index contributed by atoms with van der Waals surface area (Å²) in [5.41, 5.74) is 0. The van der Waals surface area contributed by atoms with Crippen molar-refractivity contribution in [3.05, 3.63) is 12.4 Å². The Kier molecular flexibility index (Phi) is 4.19. The molecule has 0 saturated carbocycles. The second-order valence-electron chi connectivity index (χ2n) is 4.87. The molecule has 0 amide bonds. The molecule has 1 aliphatic rings. The van der Waals surface area contributed by atoms with Gasteiger partial charge in [0.25, 0.3) is 0 Å². The van der Waals surface area contributed by atoms with Crippen molar-refractivity contribution in [1.29, 1.82) is 0 Å². The smallest absolute Gasteiger partial charge is 0.308 e. The van der Waals surface area contributed by atoms with E-state index in [1.165, 1.54) is 0 Å². The lowest BCUT2D eigenvalue weighted by Crippen LogP contribution is -2.39. The molecule has 1 aromatic heterocycles. The van der Waals surface area contributed by atoms with Crippen LogP contribution in [-0.4, -0.2) is 47.7 Å². The molecule has 0 spiro atoms. The standard InChI is InChI=1S/C13H20N4O2/c1-3-16(2)11-7-12(15-9-14-11)17-6-4-5-10(8-17)13(18)19/h7,9-10H,3-6,8H2,1-2H3,(H,18,19). The topological polar surface area (TPSA) is 69.6 Å². The lowest BCUT2D eigenvalue weighted by molar-refractivity contribution is -0.141. The highest BCUT2D eigenvalue weighted by Crippen LogP contribution is 2.23. The Morgan fingerprint density at radius 3 is 3.05 bits per heavy atom. The number of hydrogen-bond donors (Lipinski definition) is 1. The first-order valence-electron chi connectivity index (χ1n) is 6.62. The summed E-state index contributed by atoms with van der Waals surface area (Å²) in [6.07, 6.45) is 3.18. The molecular formula is C13H20N4O2. The second kappa shape index (κ2) is 5.86. The van der Waals surface area contributed by atoms with Gasteiger partial charge in [0, 0.05) is 32.7 Å². The molecule has 1 unspecified atom stereocenters. The van der Waals surface area contributed by atoms with Gasteiger partial charge in [0.15, 0.2) is 0 Å². The molecule has 1 fully saturated rings. The summed E-state index contributed by atoms with van der Waals surface area (Å²) in [5, 5.41) is 9.12. The van der Waals surface area contributed by atoms with Crippen LogP contribution < -0.4 is 9.80 Å². The van der Waals surface area contributed by atoms with Crippen LogP contribution in [0, 0.1) is 5.92 Å². The highest BCUT2D eigenvalue weighted by molar-refractivity contribution is 5.71. The van der Waals surface area contributed by atoms with Crippen molar-refractivity contribution in [1.82, 2.24) is 9.97 Å². The van der Waals surface area contributed by atoms with Crippen LogP contribution in [0.25, 0.3) is 0 Å². The third kappa shape index (κ3) is 3.13.